The van der Waals surface area contributed by atoms with Gasteiger partial charge in [0.25, 0.3) is 0 Å². The van der Waals surface area contributed by atoms with E-state index in [4.69, 9.17) is 8.19 Å². The van der Waals surface area contributed by atoms with Crippen LogP contribution in [-0.2, 0) is 6.72 Å². The van der Waals surface area contributed by atoms with Gasteiger partial charge in [0.15, 0.2) is 0 Å². The summed E-state index contributed by atoms with van der Waals surface area (Å²) in [6.45, 7) is 0. The van der Waals surface area contributed by atoms with Gasteiger partial charge in [0, 0.05) is 0 Å². The van der Waals surface area contributed by atoms with Gasteiger partial charge in [0.05, 0.1) is 0 Å². The van der Waals surface area contributed by atoms with Crippen molar-refractivity contribution in [2.45, 2.75) is 0 Å². The van der Waals surface area contributed by atoms with Crippen LogP contribution in [0.1, 0.15) is 0 Å². The topological polar surface area (TPSA) is 68.2 Å². The molecule has 5 nitrogen and oxygen atoms in total. The third kappa shape index (κ3) is 2.55. The van der Waals surface area contributed by atoms with E-state index in [1.807, 2.05) is 0 Å². The molecule has 1 aliphatic heterocycles. The van der Waals surface area contributed by atoms with Crippen LogP contribution in [0.5, 0.6) is 0 Å². The predicted octanol–water partition coefficient (Wildman–Crippen LogP) is -2.46. The van der Waals surface area contributed by atoms with Gasteiger partial charge in [-0.1, -0.05) is 0 Å². The summed E-state index contributed by atoms with van der Waals surface area (Å²) in [5.41, 5.74) is 0. The van der Waals surface area contributed by atoms with Crippen LogP contribution in [-0.4, -0.2) is 62.0 Å². The molecule has 2 N–H and O–H groups in total. The van der Waals surface area contributed by atoms with Crippen molar-refractivity contribution in [3.05, 3.63) is 0 Å². The Morgan fingerprint density at radius 3 is 1.88 bits per heavy atom. The first-order valence-corrected chi connectivity index (χ1v) is 8.32. The van der Waals surface area contributed by atoms with E-state index in [1.165, 1.54) is 0 Å². The summed E-state index contributed by atoms with van der Waals surface area (Å²) in [6, 6.07) is 0. The standard InChI is InChI=1S/As2H2O5.Sb/c3-1(4)7-2(5)6;/h3,5H;/q-2;+2. The van der Waals surface area contributed by atoms with Crippen LogP contribution in [0.3, 0.4) is 0 Å². The van der Waals surface area contributed by atoms with Gasteiger partial charge in [0.1, 0.15) is 0 Å². The van der Waals surface area contributed by atoms with Crippen molar-refractivity contribution in [3.63, 3.8) is 0 Å². The van der Waals surface area contributed by atoms with E-state index < -0.39 is 53.8 Å². The Kier molecular flexibility index (Phi) is 3.72. The van der Waals surface area contributed by atoms with Crippen LogP contribution in [0.2, 0.25) is 0 Å². The van der Waals surface area contributed by atoms with Crippen LogP contribution in [0.25, 0.3) is 0 Å². The molecule has 1 aliphatic rings. The van der Waals surface area contributed by atoms with E-state index in [1.54, 1.807) is 0 Å². The van der Waals surface area contributed by atoms with E-state index in [2.05, 4.69) is 6.72 Å². The van der Waals surface area contributed by atoms with Gasteiger partial charge >= 0.3 is 68.7 Å². The first kappa shape index (κ1) is 7.84. The van der Waals surface area contributed by atoms with E-state index in [0.717, 1.165) is 0 Å². The van der Waals surface area contributed by atoms with Gasteiger partial charge in [0.2, 0.25) is 0 Å². The summed E-state index contributed by atoms with van der Waals surface area (Å²) >= 11 is -6.08. The number of rotatable bonds is 0. The van der Waals surface area contributed by atoms with Gasteiger partial charge in [-0.25, -0.2) is 0 Å². The van der Waals surface area contributed by atoms with Crippen LogP contribution < -0.4 is 0 Å². The second kappa shape index (κ2) is 3.80. The molecule has 8 heavy (non-hydrogen) atoms. The average molecular weight is 354 g/mol. The minimum absolute atomic E-state index is 1.17. The molecule has 0 amide bonds. The van der Waals surface area contributed by atoms with Crippen LogP contribution in [0, 0.1) is 0 Å². The zero-order chi connectivity index (χ0) is 5.98. The Bertz CT molecular complexity index is 68.8. The fourth-order valence-electron chi connectivity index (χ4n) is 0.162. The summed E-state index contributed by atoms with van der Waals surface area (Å²) in [4.78, 5) is 0. The van der Waals surface area contributed by atoms with Crippen LogP contribution >= 0.6 is 0 Å². The molecule has 1 saturated heterocycles. The summed E-state index contributed by atoms with van der Waals surface area (Å²) in [6.07, 6.45) is 0. The molecule has 0 aromatic carbocycles. The molecule has 1 fully saturated rings. The molecule has 0 bridgehead atoms. The Morgan fingerprint density at radius 1 is 1.12 bits per heavy atom. The van der Waals surface area contributed by atoms with Gasteiger partial charge in [-0.3, -0.25) is 0 Å². The van der Waals surface area contributed by atoms with Crippen LogP contribution in [0.4, 0.5) is 0 Å². The molecule has 47 valence electrons. The monoisotopic (exact) mass is 353 g/mol. The van der Waals surface area contributed by atoms with E-state index in [-0.39, 0.29) is 0 Å². The Labute approximate surface area is 68.2 Å². The van der Waals surface area contributed by atoms with Gasteiger partial charge < -0.3 is 0 Å². The molecule has 0 aromatic rings. The summed E-state index contributed by atoms with van der Waals surface area (Å²) in [5.74, 6) is 0. The van der Waals surface area contributed by atoms with E-state index >= 15 is 0 Å². The maximum atomic E-state index is 8.61. The van der Waals surface area contributed by atoms with Crippen molar-refractivity contribution in [2.24, 2.45) is 0 Å². The third-order valence-electron chi connectivity index (χ3n) is 0.346. The zero-order valence-electron chi connectivity index (χ0n) is 3.46. The molecular weight excluding hydrogens is 352 g/mol. The Hall–Kier alpha value is 1.74. The van der Waals surface area contributed by atoms with Crippen molar-refractivity contribution in [2.75, 3.05) is 0 Å². The normalized spacial score (nSPS) is 39.8. The SMILES string of the molecule is O[As]1[O][Sb][O][As](O)O1. The minimum atomic E-state index is -2.45. The number of hydrogen-bond acceptors (Lipinski definition) is 5. The predicted molar refractivity (Wildman–Crippen MR) is 25.0 cm³/mol. The van der Waals surface area contributed by atoms with E-state index in [9.17, 15) is 0 Å². The first-order chi connectivity index (χ1) is 3.79. The molecular formula is H2As2O5Sb. The second-order valence-corrected chi connectivity index (χ2v) is 10.9. The molecule has 1 radical (unpaired) electrons. The van der Waals surface area contributed by atoms with E-state index in [0.29, 0.717) is 0 Å². The Morgan fingerprint density at radius 2 is 1.62 bits per heavy atom. The fraction of sp³-hybridized carbons (Fsp3) is 0. The number of hydrogen-bond donors (Lipinski definition) is 2. The summed E-state index contributed by atoms with van der Waals surface area (Å²) < 4.78 is 31.0. The molecule has 8 heteroatoms. The van der Waals surface area contributed by atoms with Gasteiger partial charge in [-0.05, 0) is 0 Å². The van der Waals surface area contributed by atoms with Crippen LogP contribution in [0.15, 0.2) is 0 Å². The molecule has 1 heterocycles. The third-order valence-corrected chi connectivity index (χ3v) is 11.0. The van der Waals surface area contributed by atoms with Crippen molar-refractivity contribution in [1.82, 2.24) is 0 Å². The Balaban J connectivity index is 2.23. The first-order valence-electron chi connectivity index (χ1n) is 1.50. The summed E-state index contributed by atoms with van der Waals surface area (Å²) in [5, 5.41) is 0. The average Bonchev–Trinajstić information content (AvgIpc) is 1.64. The molecule has 0 spiro atoms. The molecule has 0 aliphatic carbocycles. The zero-order valence-corrected chi connectivity index (χ0v) is 9.77. The van der Waals surface area contributed by atoms with Gasteiger partial charge in [-0.2, -0.15) is 0 Å². The second-order valence-electron chi connectivity index (χ2n) is 0.795. The van der Waals surface area contributed by atoms with Crippen molar-refractivity contribution in [1.29, 1.82) is 0 Å². The maximum absolute atomic E-state index is 8.61. The molecule has 2 atom stereocenters. The fourth-order valence-corrected chi connectivity index (χ4v) is 11.7. The molecule has 0 aromatic heterocycles. The van der Waals surface area contributed by atoms with Crippen molar-refractivity contribution < 1.29 is 14.9 Å². The molecule has 0 saturated carbocycles. The quantitative estimate of drug-likeness (QED) is 0.473. The molecule has 2 unspecified atom stereocenters. The van der Waals surface area contributed by atoms with Crippen molar-refractivity contribution >= 4 is 53.8 Å². The van der Waals surface area contributed by atoms with Crippen molar-refractivity contribution in [3.8, 4) is 0 Å². The summed E-state index contributed by atoms with van der Waals surface area (Å²) in [7, 11) is 0. The molecule has 1 rings (SSSR count). The van der Waals surface area contributed by atoms with Gasteiger partial charge in [-0.15, -0.1) is 0 Å².